The Morgan fingerprint density at radius 2 is 1.74 bits per heavy atom. The van der Waals surface area contributed by atoms with Crippen molar-refractivity contribution in [1.29, 1.82) is 0 Å². The van der Waals surface area contributed by atoms with Gasteiger partial charge in [-0.05, 0) is 29.8 Å². The summed E-state index contributed by atoms with van der Waals surface area (Å²) >= 11 is 0. The zero-order valence-corrected chi connectivity index (χ0v) is 19.7. The van der Waals surface area contributed by atoms with Gasteiger partial charge in [-0.25, -0.2) is 0 Å². The highest BCUT2D eigenvalue weighted by molar-refractivity contribution is 5.99. The fourth-order valence-electron chi connectivity index (χ4n) is 3.70. The van der Waals surface area contributed by atoms with E-state index in [2.05, 4.69) is 10.2 Å². The molecule has 1 aliphatic rings. The molecule has 0 bridgehead atoms. The average molecular weight is 465 g/mol. The first-order valence-corrected chi connectivity index (χ1v) is 11.2. The van der Waals surface area contributed by atoms with Crippen LogP contribution in [0.15, 0.2) is 60.7 Å². The van der Waals surface area contributed by atoms with Crippen LogP contribution in [-0.2, 0) is 4.79 Å². The van der Waals surface area contributed by atoms with Crippen LogP contribution in [0.2, 0.25) is 0 Å². The zero-order chi connectivity index (χ0) is 24.3. The number of allylic oxidation sites excluding steroid dienone is 2. The van der Waals surface area contributed by atoms with Crippen molar-refractivity contribution in [2.75, 3.05) is 59.2 Å². The molecular weight excluding hydrogens is 432 g/mol. The molecule has 0 saturated carbocycles. The molecule has 8 heteroatoms. The number of nitrogens with zero attached hydrogens (tertiary/aromatic N) is 2. The fourth-order valence-corrected chi connectivity index (χ4v) is 3.70. The number of piperazine rings is 1. The number of nitrogens with one attached hydrogen (secondary N) is 1. The molecule has 0 atom stereocenters. The number of hydrogen-bond donors (Lipinski definition) is 2. The van der Waals surface area contributed by atoms with Crippen LogP contribution in [0.5, 0.6) is 11.5 Å². The summed E-state index contributed by atoms with van der Waals surface area (Å²) in [5.74, 6) is 1.15. The highest BCUT2D eigenvalue weighted by Gasteiger charge is 2.23. The number of ether oxygens (including phenoxy) is 2. The SMILES string of the molecule is COc1ccc(C=CC=CC(=O)NCCN2CCN(C(=O)c3ccccc3N)CC2)cc1OC. The van der Waals surface area contributed by atoms with E-state index in [1.165, 1.54) is 6.08 Å². The summed E-state index contributed by atoms with van der Waals surface area (Å²) < 4.78 is 10.5. The lowest BCUT2D eigenvalue weighted by Crippen LogP contribution is -2.50. The van der Waals surface area contributed by atoms with E-state index in [0.29, 0.717) is 42.4 Å². The number of methoxy groups -OCH3 is 2. The van der Waals surface area contributed by atoms with Gasteiger partial charge in [-0.3, -0.25) is 14.5 Å². The Balaban J connectivity index is 1.36. The van der Waals surface area contributed by atoms with Crippen LogP contribution in [0.4, 0.5) is 5.69 Å². The van der Waals surface area contributed by atoms with E-state index in [1.807, 2.05) is 41.3 Å². The third kappa shape index (κ3) is 6.86. The molecule has 34 heavy (non-hydrogen) atoms. The summed E-state index contributed by atoms with van der Waals surface area (Å²) in [6.45, 7) is 4.08. The molecule has 0 aromatic heterocycles. The molecule has 0 unspecified atom stereocenters. The number of nitrogen functional groups attached to an aromatic ring is 1. The van der Waals surface area contributed by atoms with Crippen molar-refractivity contribution in [1.82, 2.24) is 15.1 Å². The Kier molecular flexibility index (Phi) is 9.11. The highest BCUT2D eigenvalue weighted by atomic mass is 16.5. The minimum absolute atomic E-state index is 0.0303. The predicted molar refractivity (Wildman–Crippen MR) is 134 cm³/mol. The first kappa shape index (κ1) is 24.9. The average Bonchev–Trinajstić information content (AvgIpc) is 2.86. The van der Waals surface area contributed by atoms with Crippen molar-refractivity contribution >= 4 is 23.6 Å². The van der Waals surface area contributed by atoms with Gasteiger partial charge in [-0.2, -0.15) is 0 Å². The van der Waals surface area contributed by atoms with Crippen molar-refractivity contribution in [3.8, 4) is 11.5 Å². The maximum atomic E-state index is 12.7. The number of rotatable bonds is 9. The normalized spacial score (nSPS) is 14.5. The molecule has 1 saturated heterocycles. The van der Waals surface area contributed by atoms with Gasteiger partial charge >= 0.3 is 0 Å². The van der Waals surface area contributed by atoms with Gasteiger partial charge in [0.05, 0.1) is 19.8 Å². The van der Waals surface area contributed by atoms with Crippen molar-refractivity contribution < 1.29 is 19.1 Å². The molecule has 1 aliphatic heterocycles. The highest BCUT2D eigenvalue weighted by Crippen LogP contribution is 2.27. The van der Waals surface area contributed by atoms with Crippen molar-refractivity contribution in [2.24, 2.45) is 0 Å². The Labute approximate surface area is 200 Å². The van der Waals surface area contributed by atoms with Gasteiger partial charge in [0.15, 0.2) is 11.5 Å². The predicted octanol–water partition coefficient (Wildman–Crippen LogP) is 2.43. The van der Waals surface area contributed by atoms with E-state index in [-0.39, 0.29) is 11.8 Å². The van der Waals surface area contributed by atoms with Crippen molar-refractivity contribution in [3.05, 3.63) is 71.8 Å². The number of carbonyl (C=O) groups excluding carboxylic acids is 2. The second kappa shape index (κ2) is 12.5. The number of anilines is 1. The minimum Gasteiger partial charge on any atom is -0.493 e. The summed E-state index contributed by atoms with van der Waals surface area (Å²) in [5, 5.41) is 2.89. The molecule has 3 N–H and O–H groups in total. The summed E-state index contributed by atoms with van der Waals surface area (Å²) in [6.07, 6.45) is 6.88. The standard InChI is InChI=1S/C26H32N4O4/c1-33-23-12-11-20(19-24(23)34-2)7-3-6-10-25(31)28-13-14-29-15-17-30(18-16-29)26(32)21-8-4-5-9-22(21)27/h3-12,19H,13-18,27H2,1-2H3,(H,28,31). The number of para-hydroxylation sites is 1. The largest absolute Gasteiger partial charge is 0.493 e. The van der Waals surface area contributed by atoms with Gasteiger partial charge in [0.1, 0.15) is 0 Å². The first-order chi connectivity index (χ1) is 16.5. The molecule has 2 aromatic rings. The molecule has 2 aromatic carbocycles. The summed E-state index contributed by atoms with van der Waals surface area (Å²) in [4.78, 5) is 28.8. The van der Waals surface area contributed by atoms with Crippen molar-refractivity contribution in [2.45, 2.75) is 0 Å². The van der Waals surface area contributed by atoms with Gasteiger partial charge in [0, 0.05) is 51.0 Å². The molecule has 1 heterocycles. The lowest BCUT2D eigenvalue weighted by Gasteiger charge is -2.34. The number of carbonyl (C=O) groups is 2. The van der Waals surface area contributed by atoms with E-state index < -0.39 is 0 Å². The third-order valence-corrected chi connectivity index (χ3v) is 5.63. The van der Waals surface area contributed by atoms with Crippen LogP contribution < -0.4 is 20.5 Å². The maximum absolute atomic E-state index is 12.7. The maximum Gasteiger partial charge on any atom is 0.256 e. The second-order valence-corrected chi connectivity index (χ2v) is 7.84. The number of hydrogen-bond acceptors (Lipinski definition) is 6. The van der Waals surface area contributed by atoms with E-state index in [1.54, 1.807) is 38.5 Å². The Morgan fingerprint density at radius 3 is 2.44 bits per heavy atom. The zero-order valence-electron chi connectivity index (χ0n) is 19.7. The van der Waals surface area contributed by atoms with E-state index in [4.69, 9.17) is 15.2 Å². The molecule has 8 nitrogen and oxygen atoms in total. The molecule has 3 rings (SSSR count). The second-order valence-electron chi connectivity index (χ2n) is 7.84. The number of amides is 2. The molecule has 0 spiro atoms. The Morgan fingerprint density at radius 1 is 1.00 bits per heavy atom. The molecular formula is C26H32N4O4. The van der Waals surface area contributed by atoms with Gasteiger partial charge in [-0.1, -0.05) is 36.4 Å². The fraction of sp³-hybridized carbons (Fsp3) is 0.308. The summed E-state index contributed by atoms with van der Waals surface area (Å²) in [7, 11) is 3.19. The van der Waals surface area contributed by atoms with Crippen LogP contribution in [0.25, 0.3) is 6.08 Å². The van der Waals surface area contributed by atoms with Crippen LogP contribution in [0, 0.1) is 0 Å². The third-order valence-electron chi connectivity index (χ3n) is 5.63. The summed E-state index contributed by atoms with van der Waals surface area (Å²) in [5.41, 5.74) is 7.92. The lowest BCUT2D eigenvalue weighted by molar-refractivity contribution is -0.116. The van der Waals surface area contributed by atoms with Gasteiger partial charge < -0.3 is 25.4 Å². The first-order valence-electron chi connectivity index (χ1n) is 11.2. The smallest absolute Gasteiger partial charge is 0.256 e. The number of benzene rings is 2. The van der Waals surface area contributed by atoms with Crippen LogP contribution in [-0.4, -0.2) is 75.1 Å². The van der Waals surface area contributed by atoms with Gasteiger partial charge in [-0.15, -0.1) is 0 Å². The topological polar surface area (TPSA) is 97.1 Å². The van der Waals surface area contributed by atoms with Crippen LogP contribution in [0.1, 0.15) is 15.9 Å². The van der Waals surface area contributed by atoms with Crippen LogP contribution in [0.3, 0.4) is 0 Å². The molecule has 0 aliphatic carbocycles. The molecule has 180 valence electrons. The van der Waals surface area contributed by atoms with Crippen LogP contribution >= 0.6 is 0 Å². The lowest BCUT2D eigenvalue weighted by atomic mass is 10.1. The quantitative estimate of drug-likeness (QED) is 0.336. The Bertz CT molecular complexity index is 1040. The monoisotopic (exact) mass is 464 g/mol. The van der Waals surface area contributed by atoms with E-state index in [9.17, 15) is 9.59 Å². The van der Waals surface area contributed by atoms with Gasteiger partial charge in [0.25, 0.3) is 5.91 Å². The minimum atomic E-state index is -0.148. The van der Waals surface area contributed by atoms with Crippen molar-refractivity contribution in [3.63, 3.8) is 0 Å². The van der Waals surface area contributed by atoms with E-state index >= 15 is 0 Å². The molecule has 2 amide bonds. The summed E-state index contributed by atoms with van der Waals surface area (Å²) in [6, 6.07) is 12.8. The molecule has 0 radical (unpaired) electrons. The number of nitrogens with two attached hydrogens (primary N) is 1. The van der Waals surface area contributed by atoms with Gasteiger partial charge in [0.2, 0.25) is 5.91 Å². The Hall–Kier alpha value is -3.78. The van der Waals surface area contributed by atoms with E-state index in [0.717, 1.165) is 25.2 Å². The molecule has 1 fully saturated rings.